The van der Waals surface area contributed by atoms with Gasteiger partial charge in [0.15, 0.2) is 0 Å². The van der Waals surface area contributed by atoms with E-state index in [1.54, 1.807) is 0 Å². The summed E-state index contributed by atoms with van der Waals surface area (Å²) in [5.74, 6) is 1.76. The van der Waals surface area contributed by atoms with Crippen LogP contribution >= 0.6 is 0 Å². The van der Waals surface area contributed by atoms with Crippen LogP contribution in [-0.4, -0.2) is 34.6 Å². The Hall–Kier alpha value is -2.40. The van der Waals surface area contributed by atoms with Gasteiger partial charge < -0.3 is 9.72 Å². The van der Waals surface area contributed by atoms with E-state index < -0.39 is 0 Å². The lowest BCUT2D eigenvalue weighted by Gasteiger charge is -2.29. The number of para-hydroxylation sites is 1. The summed E-state index contributed by atoms with van der Waals surface area (Å²) in [5.41, 5.74) is 4.20. The van der Waals surface area contributed by atoms with Crippen LogP contribution in [0.4, 0.5) is 0 Å². The number of ether oxygens (including phenoxy) is 1. The SMILES string of the molecule is CCCc1nc2c(c(=O)[nH]1)CN(CC1=Cc3ccccc3OC1)CC2. The Morgan fingerprint density at radius 1 is 1.32 bits per heavy atom. The van der Waals surface area contributed by atoms with Gasteiger partial charge in [0.2, 0.25) is 0 Å². The molecule has 25 heavy (non-hydrogen) atoms. The number of H-pyrrole nitrogens is 1. The Morgan fingerprint density at radius 2 is 2.20 bits per heavy atom. The lowest BCUT2D eigenvalue weighted by atomic mass is 10.0. The average Bonchev–Trinajstić information content (AvgIpc) is 2.62. The number of nitrogens with zero attached hydrogens (tertiary/aromatic N) is 2. The first-order valence-electron chi connectivity index (χ1n) is 8.97. The first-order chi connectivity index (χ1) is 12.2. The van der Waals surface area contributed by atoms with Gasteiger partial charge in [-0.05, 0) is 24.1 Å². The zero-order valence-corrected chi connectivity index (χ0v) is 14.5. The number of fused-ring (bicyclic) bond motifs is 2. The van der Waals surface area contributed by atoms with Crippen molar-refractivity contribution in [3.05, 3.63) is 62.8 Å². The molecule has 2 aliphatic rings. The summed E-state index contributed by atoms with van der Waals surface area (Å²) in [6, 6.07) is 8.09. The van der Waals surface area contributed by atoms with Crippen molar-refractivity contribution in [2.24, 2.45) is 0 Å². The van der Waals surface area contributed by atoms with Crippen LogP contribution in [0, 0.1) is 0 Å². The molecule has 5 heteroatoms. The van der Waals surface area contributed by atoms with Crippen LogP contribution in [0.5, 0.6) is 5.75 Å². The predicted octanol–water partition coefficient (Wildman–Crippen LogP) is 2.56. The molecule has 0 fully saturated rings. The lowest BCUT2D eigenvalue weighted by Crippen LogP contribution is -2.38. The first-order valence-corrected chi connectivity index (χ1v) is 8.97. The average molecular weight is 337 g/mol. The fourth-order valence-corrected chi connectivity index (χ4v) is 3.56. The molecule has 0 unspecified atom stereocenters. The molecule has 0 aliphatic carbocycles. The third kappa shape index (κ3) is 3.37. The van der Waals surface area contributed by atoms with E-state index in [0.29, 0.717) is 13.2 Å². The lowest BCUT2D eigenvalue weighted by molar-refractivity contribution is 0.253. The number of benzene rings is 1. The van der Waals surface area contributed by atoms with E-state index in [2.05, 4.69) is 33.9 Å². The van der Waals surface area contributed by atoms with E-state index in [1.807, 2.05) is 18.2 Å². The molecular formula is C20H23N3O2. The van der Waals surface area contributed by atoms with Crippen molar-refractivity contribution in [1.29, 1.82) is 0 Å². The van der Waals surface area contributed by atoms with E-state index in [0.717, 1.165) is 60.7 Å². The summed E-state index contributed by atoms with van der Waals surface area (Å²) in [6.07, 6.45) is 4.86. The molecule has 2 aromatic rings. The standard InChI is InChI=1S/C20H23N3O2/c1-2-5-19-21-17-8-9-23(12-16(17)20(24)22-19)11-14-10-15-6-3-4-7-18(15)25-13-14/h3-4,6-7,10H,2,5,8-9,11-13H2,1H3,(H,21,22,24). The second kappa shape index (κ2) is 6.84. The van der Waals surface area contributed by atoms with Crippen LogP contribution < -0.4 is 10.3 Å². The summed E-state index contributed by atoms with van der Waals surface area (Å²) >= 11 is 0. The molecule has 3 heterocycles. The van der Waals surface area contributed by atoms with Crippen molar-refractivity contribution in [2.75, 3.05) is 19.7 Å². The van der Waals surface area contributed by atoms with Crippen molar-refractivity contribution in [3.8, 4) is 5.75 Å². The maximum absolute atomic E-state index is 12.4. The van der Waals surface area contributed by atoms with Crippen LogP contribution in [0.1, 0.15) is 36.0 Å². The van der Waals surface area contributed by atoms with Crippen molar-refractivity contribution in [1.82, 2.24) is 14.9 Å². The second-order valence-corrected chi connectivity index (χ2v) is 6.78. The fourth-order valence-electron chi connectivity index (χ4n) is 3.56. The smallest absolute Gasteiger partial charge is 0.255 e. The van der Waals surface area contributed by atoms with Crippen molar-refractivity contribution in [3.63, 3.8) is 0 Å². The molecular weight excluding hydrogens is 314 g/mol. The molecule has 0 radical (unpaired) electrons. The maximum atomic E-state index is 12.4. The van der Waals surface area contributed by atoms with Gasteiger partial charge in [-0.2, -0.15) is 0 Å². The summed E-state index contributed by atoms with van der Waals surface area (Å²) in [4.78, 5) is 22.3. The molecule has 0 saturated carbocycles. The summed E-state index contributed by atoms with van der Waals surface area (Å²) in [7, 11) is 0. The third-order valence-electron chi connectivity index (χ3n) is 4.80. The molecule has 0 amide bonds. The van der Waals surface area contributed by atoms with Gasteiger partial charge in [0.1, 0.15) is 18.2 Å². The van der Waals surface area contributed by atoms with Gasteiger partial charge in [-0.1, -0.05) is 25.1 Å². The van der Waals surface area contributed by atoms with E-state index >= 15 is 0 Å². The van der Waals surface area contributed by atoms with Gasteiger partial charge in [0, 0.05) is 38.0 Å². The zero-order chi connectivity index (χ0) is 17.2. The minimum atomic E-state index is 0.0253. The molecule has 1 N–H and O–H groups in total. The Kier molecular flexibility index (Phi) is 4.40. The maximum Gasteiger partial charge on any atom is 0.255 e. The monoisotopic (exact) mass is 337 g/mol. The summed E-state index contributed by atoms with van der Waals surface area (Å²) in [5, 5.41) is 0. The van der Waals surface area contributed by atoms with Crippen LogP contribution in [0.3, 0.4) is 0 Å². The molecule has 4 rings (SSSR count). The van der Waals surface area contributed by atoms with E-state index in [1.165, 1.54) is 5.57 Å². The second-order valence-electron chi connectivity index (χ2n) is 6.78. The predicted molar refractivity (Wildman–Crippen MR) is 97.7 cm³/mol. The van der Waals surface area contributed by atoms with Crippen LogP contribution in [0.15, 0.2) is 34.6 Å². The highest BCUT2D eigenvalue weighted by molar-refractivity contribution is 5.62. The van der Waals surface area contributed by atoms with Gasteiger partial charge in [0.25, 0.3) is 5.56 Å². The van der Waals surface area contributed by atoms with Crippen molar-refractivity contribution >= 4 is 6.08 Å². The Labute approximate surface area is 147 Å². The number of aryl methyl sites for hydroxylation is 1. The summed E-state index contributed by atoms with van der Waals surface area (Å²) in [6.45, 7) is 5.12. The minimum Gasteiger partial charge on any atom is -0.489 e. The minimum absolute atomic E-state index is 0.0253. The molecule has 5 nitrogen and oxygen atoms in total. The molecule has 1 aromatic carbocycles. The number of hydrogen-bond donors (Lipinski definition) is 1. The van der Waals surface area contributed by atoms with Crippen molar-refractivity contribution in [2.45, 2.75) is 32.7 Å². The van der Waals surface area contributed by atoms with Gasteiger partial charge in [0.05, 0.1) is 11.3 Å². The molecule has 1 aromatic heterocycles. The van der Waals surface area contributed by atoms with Gasteiger partial charge in [-0.25, -0.2) is 4.98 Å². The Balaban J connectivity index is 1.50. The van der Waals surface area contributed by atoms with Gasteiger partial charge in [-0.15, -0.1) is 0 Å². The van der Waals surface area contributed by atoms with Gasteiger partial charge in [-0.3, -0.25) is 9.69 Å². The van der Waals surface area contributed by atoms with E-state index in [9.17, 15) is 4.79 Å². The molecule has 0 saturated heterocycles. The van der Waals surface area contributed by atoms with Crippen LogP contribution in [-0.2, 0) is 19.4 Å². The highest BCUT2D eigenvalue weighted by Crippen LogP contribution is 2.26. The highest BCUT2D eigenvalue weighted by atomic mass is 16.5. The first kappa shape index (κ1) is 16.1. The Morgan fingerprint density at radius 3 is 3.08 bits per heavy atom. The number of rotatable bonds is 4. The third-order valence-corrected chi connectivity index (χ3v) is 4.80. The number of aromatic amines is 1. The topological polar surface area (TPSA) is 58.2 Å². The Bertz CT molecular complexity index is 869. The zero-order valence-electron chi connectivity index (χ0n) is 14.5. The summed E-state index contributed by atoms with van der Waals surface area (Å²) < 4.78 is 5.84. The van der Waals surface area contributed by atoms with Crippen LogP contribution in [0.2, 0.25) is 0 Å². The fraction of sp³-hybridized carbons (Fsp3) is 0.400. The number of hydrogen-bond acceptors (Lipinski definition) is 4. The quantitative estimate of drug-likeness (QED) is 0.931. The van der Waals surface area contributed by atoms with Crippen LogP contribution in [0.25, 0.3) is 6.08 Å². The molecule has 2 aliphatic heterocycles. The largest absolute Gasteiger partial charge is 0.489 e. The molecule has 0 atom stereocenters. The normalized spacial score (nSPS) is 16.6. The molecule has 130 valence electrons. The van der Waals surface area contributed by atoms with E-state index in [-0.39, 0.29) is 5.56 Å². The van der Waals surface area contributed by atoms with E-state index in [4.69, 9.17) is 4.74 Å². The number of nitrogens with one attached hydrogen (secondary N) is 1. The molecule has 0 spiro atoms. The number of aromatic nitrogens is 2. The van der Waals surface area contributed by atoms with Crippen molar-refractivity contribution < 1.29 is 4.74 Å². The van der Waals surface area contributed by atoms with Gasteiger partial charge >= 0.3 is 0 Å². The highest BCUT2D eigenvalue weighted by Gasteiger charge is 2.22. The molecule has 0 bridgehead atoms.